The predicted octanol–water partition coefficient (Wildman–Crippen LogP) is 5.24. The maximum atomic E-state index is 12.7. The Morgan fingerprint density at radius 1 is 0.938 bits per heavy atom. The van der Waals surface area contributed by atoms with Crippen molar-refractivity contribution >= 4 is 38.9 Å². The molecule has 0 bridgehead atoms. The zero-order valence-corrected chi connectivity index (χ0v) is 20.1. The summed E-state index contributed by atoms with van der Waals surface area (Å²) < 4.78 is 32.2. The van der Waals surface area contributed by atoms with Crippen molar-refractivity contribution in [3.05, 3.63) is 94.0 Å². The Morgan fingerprint density at radius 3 is 1.94 bits per heavy atom. The van der Waals surface area contributed by atoms with Gasteiger partial charge in [0.1, 0.15) is 5.75 Å². The lowest BCUT2D eigenvalue weighted by Gasteiger charge is -2.48. The zero-order valence-electron chi connectivity index (χ0n) is 17.8. The monoisotopic (exact) mass is 490 g/mol. The summed E-state index contributed by atoms with van der Waals surface area (Å²) in [6, 6.07) is 22.4. The largest absolute Gasteiger partial charge is 0.497 e. The molecule has 0 aliphatic carbocycles. The topological polar surface area (TPSA) is 49.9 Å². The highest BCUT2D eigenvalue weighted by Crippen LogP contribution is 2.37. The highest BCUT2D eigenvalue weighted by Gasteiger charge is 2.40. The summed E-state index contributed by atoms with van der Waals surface area (Å²) in [6.07, 6.45) is 1.24. The lowest BCUT2D eigenvalue weighted by Crippen LogP contribution is -2.61. The Hall–Kier alpha value is -2.25. The number of rotatable bonds is 7. The maximum absolute atomic E-state index is 12.7. The van der Waals surface area contributed by atoms with Gasteiger partial charge in [0.25, 0.3) is 0 Å². The number of halogens is 2. The van der Waals surface area contributed by atoms with Crippen LogP contribution in [0.15, 0.2) is 72.8 Å². The van der Waals surface area contributed by atoms with Crippen molar-refractivity contribution in [3.8, 4) is 5.75 Å². The van der Waals surface area contributed by atoms with Gasteiger partial charge in [-0.1, -0.05) is 53.5 Å². The van der Waals surface area contributed by atoms with Crippen LogP contribution < -0.4 is 9.04 Å². The molecular weight excluding hydrogens is 467 g/mol. The van der Waals surface area contributed by atoms with Crippen LogP contribution in [0.3, 0.4) is 0 Å². The Balaban J connectivity index is 1.63. The van der Waals surface area contributed by atoms with E-state index in [1.807, 2.05) is 48.5 Å². The normalized spacial score (nSPS) is 14.9. The van der Waals surface area contributed by atoms with E-state index >= 15 is 0 Å². The molecule has 0 aromatic heterocycles. The van der Waals surface area contributed by atoms with Gasteiger partial charge in [-0.2, -0.15) is 0 Å². The lowest BCUT2D eigenvalue weighted by molar-refractivity contribution is 0.116. The average Bonchev–Trinajstić information content (AvgIpc) is 2.73. The number of anilines is 1. The Bertz CT molecular complexity index is 1130. The molecule has 4 rings (SSSR count). The minimum atomic E-state index is -3.48. The molecule has 3 aromatic carbocycles. The molecule has 8 heteroatoms. The molecule has 0 N–H and O–H groups in total. The fourth-order valence-electron chi connectivity index (χ4n) is 4.17. The minimum absolute atomic E-state index is 0.0347. The van der Waals surface area contributed by atoms with Crippen molar-refractivity contribution < 1.29 is 13.2 Å². The van der Waals surface area contributed by atoms with Gasteiger partial charge in [-0.15, -0.1) is 0 Å². The molecule has 3 aromatic rings. The number of methoxy groups -OCH3 is 1. The van der Waals surface area contributed by atoms with Crippen LogP contribution in [0.25, 0.3) is 0 Å². The van der Waals surface area contributed by atoms with E-state index in [4.69, 9.17) is 27.9 Å². The Kier molecular flexibility index (Phi) is 6.67. The van der Waals surface area contributed by atoms with Crippen LogP contribution in [0.5, 0.6) is 5.75 Å². The van der Waals surface area contributed by atoms with E-state index in [0.717, 1.165) is 11.1 Å². The quantitative estimate of drug-likeness (QED) is 0.454. The summed E-state index contributed by atoms with van der Waals surface area (Å²) in [7, 11) is -1.91. The average molecular weight is 491 g/mol. The molecule has 1 aliphatic heterocycles. The van der Waals surface area contributed by atoms with E-state index in [9.17, 15) is 8.42 Å². The molecule has 1 saturated heterocycles. The molecule has 1 aliphatic rings. The third-order valence-electron chi connectivity index (χ3n) is 5.62. The molecule has 32 heavy (non-hydrogen) atoms. The summed E-state index contributed by atoms with van der Waals surface area (Å²) in [6.45, 7) is 1.17. The van der Waals surface area contributed by atoms with Gasteiger partial charge in [0.15, 0.2) is 0 Å². The first-order chi connectivity index (χ1) is 15.3. The third kappa shape index (κ3) is 4.89. The highest BCUT2D eigenvalue weighted by atomic mass is 35.5. The van der Waals surface area contributed by atoms with Crippen molar-refractivity contribution in [1.82, 2.24) is 4.90 Å². The second-order valence-corrected chi connectivity index (χ2v) is 10.6. The van der Waals surface area contributed by atoms with E-state index in [0.29, 0.717) is 34.6 Å². The van der Waals surface area contributed by atoms with E-state index in [-0.39, 0.29) is 12.1 Å². The summed E-state index contributed by atoms with van der Waals surface area (Å²) in [4.78, 5) is 2.26. The minimum Gasteiger partial charge on any atom is -0.497 e. The number of benzene rings is 3. The second-order valence-electron chi connectivity index (χ2n) is 7.87. The maximum Gasteiger partial charge on any atom is 0.232 e. The van der Waals surface area contributed by atoms with Crippen LogP contribution in [0.1, 0.15) is 17.2 Å². The second kappa shape index (κ2) is 9.32. The standard InChI is InChI=1S/C24H24Cl2N2O3S/c1-31-23-5-3-4-21(14-23)28(32(2,29)30)22-15-27(16-22)24(17-6-10-19(25)11-7-17)18-8-12-20(26)13-9-18/h3-14,22,24H,15-16H2,1-2H3. The number of ether oxygens (including phenoxy) is 1. The van der Waals surface area contributed by atoms with E-state index in [2.05, 4.69) is 4.90 Å². The number of hydrogen-bond donors (Lipinski definition) is 0. The smallest absolute Gasteiger partial charge is 0.232 e. The first-order valence-corrected chi connectivity index (χ1v) is 12.7. The van der Waals surface area contributed by atoms with Crippen molar-refractivity contribution in [2.24, 2.45) is 0 Å². The van der Waals surface area contributed by atoms with Gasteiger partial charge < -0.3 is 4.74 Å². The number of nitrogens with zero attached hydrogens (tertiary/aromatic N) is 2. The van der Waals surface area contributed by atoms with E-state index in [1.54, 1.807) is 31.4 Å². The molecule has 1 fully saturated rings. The molecule has 0 saturated carbocycles. The van der Waals surface area contributed by atoms with E-state index in [1.165, 1.54) is 10.6 Å². The number of hydrogen-bond acceptors (Lipinski definition) is 4. The Labute approximate surface area is 199 Å². The van der Waals surface area contributed by atoms with Crippen LogP contribution in [-0.2, 0) is 10.0 Å². The molecule has 0 unspecified atom stereocenters. The molecule has 0 spiro atoms. The number of sulfonamides is 1. The van der Waals surface area contributed by atoms with Gasteiger partial charge in [0.2, 0.25) is 10.0 Å². The summed E-state index contributed by atoms with van der Waals surface area (Å²) in [5.41, 5.74) is 2.77. The van der Waals surface area contributed by atoms with Crippen molar-refractivity contribution in [2.45, 2.75) is 12.1 Å². The van der Waals surface area contributed by atoms with Crippen LogP contribution >= 0.6 is 23.2 Å². The molecular formula is C24H24Cl2N2O3S. The van der Waals surface area contributed by atoms with Crippen molar-refractivity contribution in [3.63, 3.8) is 0 Å². The number of likely N-dealkylation sites (tertiary alicyclic amines) is 1. The molecule has 1 heterocycles. The molecule has 0 atom stereocenters. The predicted molar refractivity (Wildman–Crippen MR) is 130 cm³/mol. The van der Waals surface area contributed by atoms with Crippen LogP contribution in [-0.4, -0.2) is 45.8 Å². The first kappa shape index (κ1) is 22.9. The summed E-state index contributed by atoms with van der Waals surface area (Å²) in [5.74, 6) is 0.618. The van der Waals surface area contributed by atoms with Crippen LogP contribution in [0.2, 0.25) is 10.0 Å². The Morgan fingerprint density at radius 2 is 1.47 bits per heavy atom. The summed E-state index contributed by atoms with van der Waals surface area (Å²) >= 11 is 12.2. The van der Waals surface area contributed by atoms with Crippen molar-refractivity contribution in [2.75, 3.05) is 30.8 Å². The highest BCUT2D eigenvalue weighted by molar-refractivity contribution is 7.92. The SMILES string of the molecule is COc1cccc(N(C2CN(C(c3ccc(Cl)cc3)c3ccc(Cl)cc3)C2)S(C)(=O)=O)c1. The zero-order chi connectivity index (χ0) is 22.9. The van der Waals surface area contributed by atoms with E-state index < -0.39 is 10.0 Å². The van der Waals surface area contributed by atoms with Gasteiger partial charge in [-0.05, 0) is 47.5 Å². The van der Waals surface area contributed by atoms with Crippen LogP contribution in [0.4, 0.5) is 5.69 Å². The van der Waals surface area contributed by atoms with Gasteiger partial charge in [-0.25, -0.2) is 8.42 Å². The lowest BCUT2D eigenvalue weighted by atomic mass is 9.93. The van der Waals surface area contributed by atoms with Gasteiger partial charge in [0.05, 0.1) is 31.1 Å². The van der Waals surface area contributed by atoms with Crippen LogP contribution in [0, 0.1) is 0 Å². The van der Waals surface area contributed by atoms with Crippen molar-refractivity contribution in [1.29, 1.82) is 0 Å². The van der Waals surface area contributed by atoms with Gasteiger partial charge in [0, 0.05) is 29.2 Å². The molecule has 168 valence electrons. The molecule has 0 amide bonds. The first-order valence-electron chi connectivity index (χ1n) is 10.1. The third-order valence-corrected chi connectivity index (χ3v) is 7.35. The molecule has 0 radical (unpaired) electrons. The van der Waals surface area contributed by atoms with Gasteiger partial charge in [-0.3, -0.25) is 9.21 Å². The fourth-order valence-corrected chi connectivity index (χ4v) is 5.60. The fraction of sp³-hybridized carbons (Fsp3) is 0.250. The molecule has 5 nitrogen and oxygen atoms in total. The summed E-state index contributed by atoms with van der Waals surface area (Å²) in [5, 5.41) is 1.35. The van der Waals surface area contributed by atoms with Gasteiger partial charge >= 0.3 is 0 Å².